The number of H-pyrrole nitrogens is 1. The molecule has 160 valence electrons. The van der Waals surface area contributed by atoms with Crippen LogP contribution in [0.3, 0.4) is 0 Å². The molecule has 3 rings (SSSR count). The van der Waals surface area contributed by atoms with E-state index in [1.807, 2.05) is 6.07 Å². The third-order valence-electron chi connectivity index (χ3n) is 4.11. The van der Waals surface area contributed by atoms with Crippen molar-refractivity contribution in [3.05, 3.63) is 64.6 Å². The summed E-state index contributed by atoms with van der Waals surface area (Å²) in [6.45, 7) is 1.64. The first-order chi connectivity index (χ1) is 14.7. The number of azo groups is 1. The van der Waals surface area contributed by atoms with Gasteiger partial charge in [0.2, 0.25) is 0 Å². The van der Waals surface area contributed by atoms with Crippen LogP contribution in [0.5, 0.6) is 5.75 Å². The second-order valence-corrected chi connectivity index (χ2v) is 8.70. The smallest absolute Gasteiger partial charge is 0.271 e. The zero-order chi connectivity index (χ0) is 22.6. The first-order valence-electron chi connectivity index (χ1n) is 8.74. The van der Waals surface area contributed by atoms with Crippen molar-refractivity contribution in [1.82, 2.24) is 9.78 Å². The van der Waals surface area contributed by atoms with Crippen LogP contribution in [0.1, 0.15) is 12.5 Å². The largest absolute Gasteiger partial charge is 0.463 e. The topological polar surface area (TPSA) is 139 Å². The molecule has 1 aromatic heterocycles. The number of methoxy groups -OCH3 is 1. The van der Waals surface area contributed by atoms with Crippen molar-refractivity contribution in [2.24, 2.45) is 10.2 Å². The van der Waals surface area contributed by atoms with E-state index in [0.717, 1.165) is 0 Å². The molecule has 0 amide bonds. The number of aromatic nitrogens is 2. The van der Waals surface area contributed by atoms with Crippen molar-refractivity contribution < 1.29 is 17.9 Å². The molecular formula is C19H16ClN5O5S. The van der Waals surface area contributed by atoms with Crippen molar-refractivity contribution >= 4 is 31.1 Å². The predicted octanol–water partition coefficient (Wildman–Crippen LogP) is 3.75. The van der Waals surface area contributed by atoms with Gasteiger partial charge in [-0.05, 0) is 43.3 Å². The van der Waals surface area contributed by atoms with E-state index in [9.17, 15) is 18.5 Å². The van der Waals surface area contributed by atoms with Gasteiger partial charge in [-0.1, -0.05) is 0 Å². The van der Waals surface area contributed by atoms with Crippen molar-refractivity contribution in [1.29, 1.82) is 5.26 Å². The zero-order valence-electron chi connectivity index (χ0n) is 16.3. The van der Waals surface area contributed by atoms with Crippen LogP contribution in [-0.2, 0) is 13.8 Å². The molecular weight excluding hydrogens is 446 g/mol. The molecule has 0 aliphatic carbocycles. The Hall–Kier alpha value is -3.46. The predicted molar refractivity (Wildman–Crippen MR) is 112 cm³/mol. The Labute approximate surface area is 181 Å². The summed E-state index contributed by atoms with van der Waals surface area (Å²) in [4.78, 5) is 11.6. The van der Waals surface area contributed by atoms with E-state index >= 15 is 0 Å². The maximum Gasteiger partial charge on any atom is 0.271 e. The monoisotopic (exact) mass is 461 g/mol. The molecule has 0 fully saturated rings. The van der Waals surface area contributed by atoms with Gasteiger partial charge in [-0.15, -0.1) is 10.2 Å². The van der Waals surface area contributed by atoms with Crippen molar-refractivity contribution in [2.75, 3.05) is 7.11 Å². The second-order valence-electron chi connectivity index (χ2n) is 6.14. The number of nitrogens with one attached hydrogen (secondary N) is 1. The third kappa shape index (κ3) is 5.18. The van der Waals surface area contributed by atoms with Crippen LogP contribution in [0, 0.1) is 11.3 Å². The first-order valence-corrected chi connectivity index (χ1v) is 11.0. The summed E-state index contributed by atoms with van der Waals surface area (Å²) in [5.41, 5.74) is 0.580. The van der Waals surface area contributed by atoms with Gasteiger partial charge in [0.25, 0.3) is 14.6 Å². The van der Waals surface area contributed by atoms with E-state index in [0.29, 0.717) is 5.69 Å². The van der Waals surface area contributed by atoms with Crippen LogP contribution in [-0.4, -0.2) is 31.6 Å². The number of nitrogens with zero attached hydrogens (tertiary/aromatic N) is 4. The van der Waals surface area contributed by atoms with E-state index in [4.69, 9.17) is 20.2 Å². The quantitative estimate of drug-likeness (QED) is 0.323. The SMILES string of the molecule is COC(C)Oc1ccc(S(=O)(=O)Cl)cc1/N=N/c1ccc(-n2[nH]ccc2=O)cc1C#N. The van der Waals surface area contributed by atoms with E-state index in [2.05, 4.69) is 15.3 Å². The molecule has 0 radical (unpaired) electrons. The summed E-state index contributed by atoms with van der Waals surface area (Å²) >= 11 is 0. The second kappa shape index (κ2) is 9.13. The van der Waals surface area contributed by atoms with Gasteiger partial charge in [-0.25, -0.2) is 13.1 Å². The number of aromatic amines is 1. The molecule has 1 N–H and O–H groups in total. The van der Waals surface area contributed by atoms with E-state index in [1.165, 1.54) is 54.4 Å². The number of halogens is 1. The highest BCUT2D eigenvalue weighted by atomic mass is 35.7. The highest BCUT2D eigenvalue weighted by molar-refractivity contribution is 8.13. The Morgan fingerprint density at radius 2 is 1.90 bits per heavy atom. The lowest BCUT2D eigenvalue weighted by atomic mass is 10.2. The van der Waals surface area contributed by atoms with E-state index in [1.54, 1.807) is 13.0 Å². The number of rotatable bonds is 7. The fourth-order valence-corrected chi connectivity index (χ4v) is 3.30. The molecule has 31 heavy (non-hydrogen) atoms. The van der Waals surface area contributed by atoms with Gasteiger partial charge in [-0.3, -0.25) is 9.89 Å². The number of nitriles is 1. The minimum atomic E-state index is -4.01. The molecule has 10 nitrogen and oxygen atoms in total. The van der Waals surface area contributed by atoms with Crippen LogP contribution in [0.4, 0.5) is 11.4 Å². The highest BCUT2D eigenvalue weighted by Gasteiger charge is 2.16. The molecule has 1 unspecified atom stereocenters. The van der Waals surface area contributed by atoms with Crippen LogP contribution < -0.4 is 10.3 Å². The standard InChI is InChI=1S/C19H16ClN5O5S/c1-12(29-2)30-18-6-4-15(31(20,27)28)10-17(18)24-23-16-5-3-14(9-13(16)11-21)25-19(26)7-8-22-25/h3-10,12,22H,1-2H3/b24-23+. The number of benzene rings is 2. The lowest BCUT2D eigenvalue weighted by Gasteiger charge is -2.14. The Kier molecular flexibility index (Phi) is 6.55. The van der Waals surface area contributed by atoms with Crippen LogP contribution in [0.25, 0.3) is 5.69 Å². The molecule has 0 saturated heterocycles. The van der Waals surface area contributed by atoms with Crippen molar-refractivity contribution in [2.45, 2.75) is 18.1 Å². The Morgan fingerprint density at radius 3 is 2.52 bits per heavy atom. The number of hydrogen-bond donors (Lipinski definition) is 1. The summed E-state index contributed by atoms with van der Waals surface area (Å²) in [5.74, 6) is 0.204. The Bertz CT molecular complexity index is 1340. The lowest BCUT2D eigenvalue weighted by Crippen LogP contribution is -2.13. The molecule has 0 aliphatic rings. The Morgan fingerprint density at radius 1 is 1.16 bits per heavy atom. The normalized spacial score (nSPS) is 12.6. The molecule has 1 atom stereocenters. The maximum atomic E-state index is 11.8. The maximum absolute atomic E-state index is 11.8. The highest BCUT2D eigenvalue weighted by Crippen LogP contribution is 2.34. The average Bonchev–Trinajstić information content (AvgIpc) is 3.17. The van der Waals surface area contributed by atoms with Gasteiger partial charge in [0, 0.05) is 30.1 Å². The molecule has 0 spiro atoms. The van der Waals surface area contributed by atoms with E-state index in [-0.39, 0.29) is 33.1 Å². The summed E-state index contributed by atoms with van der Waals surface area (Å²) in [6.07, 6.45) is 0.836. The lowest BCUT2D eigenvalue weighted by molar-refractivity contribution is -0.0379. The van der Waals surface area contributed by atoms with Crippen LogP contribution in [0.2, 0.25) is 0 Å². The Balaban J connectivity index is 2.02. The first kappa shape index (κ1) is 22.2. The molecule has 12 heteroatoms. The van der Waals surface area contributed by atoms with Crippen molar-refractivity contribution in [3.8, 4) is 17.5 Å². The molecule has 0 aliphatic heterocycles. The van der Waals surface area contributed by atoms with E-state index < -0.39 is 15.3 Å². The summed E-state index contributed by atoms with van der Waals surface area (Å²) in [6, 6.07) is 11.7. The van der Waals surface area contributed by atoms with Gasteiger partial charge in [0.05, 0.1) is 16.1 Å². The molecule has 0 bridgehead atoms. The van der Waals surface area contributed by atoms with Gasteiger partial charge in [0.15, 0.2) is 6.29 Å². The average molecular weight is 462 g/mol. The van der Waals surface area contributed by atoms with Gasteiger partial charge in [-0.2, -0.15) is 5.26 Å². The summed E-state index contributed by atoms with van der Waals surface area (Å²) in [7, 11) is 2.85. The fourth-order valence-electron chi connectivity index (χ4n) is 2.52. The van der Waals surface area contributed by atoms with Crippen LogP contribution >= 0.6 is 10.7 Å². The third-order valence-corrected chi connectivity index (χ3v) is 5.46. The van der Waals surface area contributed by atoms with Gasteiger partial charge in [0.1, 0.15) is 23.2 Å². The summed E-state index contributed by atoms with van der Waals surface area (Å²) in [5, 5.41) is 20.3. The fraction of sp³-hybridized carbons (Fsp3) is 0.158. The summed E-state index contributed by atoms with van der Waals surface area (Å²) < 4.78 is 35.2. The van der Waals surface area contributed by atoms with Gasteiger partial charge >= 0.3 is 0 Å². The number of hydrogen-bond acceptors (Lipinski definition) is 8. The molecule has 3 aromatic rings. The number of ether oxygens (including phenoxy) is 2. The minimum Gasteiger partial charge on any atom is -0.463 e. The van der Waals surface area contributed by atoms with Crippen LogP contribution in [0.15, 0.2) is 68.6 Å². The zero-order valence-corrected chi connectivity index (χ0v) is 17.9. The molecule has 1 heterocycles. The van der Waals surface area contributed by atoms with Crippen molar-refractivity contribution in [3.63, 3.8) is 0 Å². The minimum absolute atomic E-state index is 0.0687. The molecule has 2 aromatic carbocycles. The van der Waals surface area contributed by atoms with Gasteiger partial charge < -0.3 is 9.47 Å². The molecule has 0 saturated carbocycles.